The zero-order valence-corrected chi connectivity index (χ0v) is 17.2. The zero-order valence-electron chi connectivity index (χ0n) is 17.2. The maximum atomic E-state index is 6.12. The van der Waals surface area contributed by atoms with Gasteiger partial charge in [0.2, 0.25) is 0 Å². The molecule has 0 aliphatic carbocycles. The molecule has 0 bridgehead atoms. The van der Waals surface area contributed by atoms with Gasteiger partial charge in [0.25, 0.3) is 0 Å². The van der Waals surface area contributed by atoms with Crippen LogP contribution in [0.1, 0.15) is 16.7 Å². The molecule has 6 heteroatoms. The minimum Gasteiger partial charge on any atom is -0.397 e. The highest BCUT2D eigenvalue weighted by Gasteiger charge is 2.05. The van der Waals surface area contributed by atoms with Gasteiger partial charge in [-0.25, -0.2) is 10.8 Å². The topological polar surface area (TPSA) is 83.4 Å². The van der Waals surface area contributed by atoms with Crippen molar-refractivity contribution in [2.45, 2.75) is 6.54 Å². The van der Waals surface area contributed by atoms with Gasteiger partial charge in [-0.1, -0.05) is 43.0 Å². The van der Waals surface area contributed by atoms with E-state index in [1.165, 1.54) is 10.6 Å². The first-order valence-corrected chi connectivity index (χ1v) is 9.37. The fraction of sp³-hybridized carbons (Fsp3) is 0.174. The number of nitrogens with two attached hydrogens (primary N) is 2. The summed E-state index contributed by atoms with van der Waals surface area (Å²) in [5, 5.41) is 6.81. The molecule has 1 aromatic heterocycles. The van der Waals surface area contributed by atoms with Crippen molar-refractivity contribution in [1.29, 1.82) is 0 Å². The molecule has 150 valence electrons. The van der Waals surface area contributed by atoms with E-state index in [0.29, 0.717) is 5.70 Å². The van der Waals surface area contributed by atoms with Crippen LogP contribution in [0.3, 0.4) is 0 Å². The molecule has 0 spiro atoms. The van der Waals surface area contributed by atoms with Crippen LogP contribution >= 0.6 is 0 Å². The Morgan fingerprint density at radius 1 is 1.03 bits per heavy atom. The van der Waals surface area contributed by atoms with E-state index in [2.05, 4.69) is 60.1 Å². The van der Waals surface area contributed by atoms with E-state index in [4.69, 9.17) is 11.6 Å². The van der Waals surface area contributed by atoms with Gasteiger partial charge in [-0.15, -0.1) is 0 Å². The number of nitrogens with one attached hydrogen (secondary N) is 1. The number of hydrogen-bond acceptors (Lipinski definition) is 6. The van der Waals surface area contributed by atoms with Crippen molar-refractivity contribution in [2.75, 3.05) is 26.5 Å². The quantitative estimate of drug-likeness (QED) is 0.425. The summed E-state index contributed by atoms with van der Waals surface area (Å²) < 4.78 is 0. The molecule has 0 fully saturated rings. The van der Waals surface area contributed by atoms with Gasteiger partial charge in [-0.3, -0.25) is 0 Å². The van der Waals surface area contributed by atoms with Crippen molar-refractivity contribution in [3.8, 4) is 0 Å². The lowest BCUT2D eigenvalue weighted by Crippen LogP contribution is -2.20. The second-order valence-electron chi connectivity index (χ2n) is 7.42. The number of anilines is 1. The average molecular weight is 389 g/mol. The Bertz CT molecular complexity index is 1030. The van der Waals surface area contributed by atoms with E-state index < -0.39 is 0 Å². The smallest absolute Gasteiger partial charge is 0.130 e. The molecule has 0 atom stereocenters. The van der Waals surface area contributed by atoms with Gasteiger partial charge < -0.3 is 21.0 Å². The third-order valence-electron chi connectivity index (χ3n) is 4.48. The maximum Gasteiger partial charge on any atom is 0.130 e. The van der Waals surface area contributed by atoms with Crippen LogP contribution in [0.25, 0.3) is 22.2 Å². The lowest BCUT2D eigenvalue weighted by atomic mass is 10.1. The number of hydrazine groups is 1. The first-order valence-electron chi connectivity index (χ1n) is 9.37. The highest BCUT2D eigenvalue weighted by molar-refractivity contribution is 5.88. The van der Waals surface area contributed by atoms with Crippen LogP contribution in [-0.4, -0.2) is 36.0 Å². The first kappa shape index (κ1) is 20.4. The Morgan fingerprint density at radius 2 is 1.72 bits per heavy atom. The first-order chi connectivity index (χ1) is 13.8. The SMILES string of the molecule is C=C(Nc1cc2cc(/C(N)=C/N(C)N)ccc2cn1)c1ccc(CN(C)C)cc1. The molecule has 0 aliphatic heterocycles. The highest BCUT2D eigenvalue weighted by atomic mass is 15.4. The van der Waals surface area contributed by atoms with Crippen LogP contribution in [-0.2, 0) is 6.54 Å². The predicted octanol–water partition coefficient (Wildman–Crippen LogP) is 3.44. The molecule has 0 amide bonds. The van der Waals surface area contributed by atoms with Gasteiger partial charge in [0.1, 0.15) is 5.82 Å². The van der Waals surface area contributed by atoms with E-state index >= 15 is 0 Å². The van der Waals surface area contributed by atoms with Crippen molar-refractivity contribution >= 4 is 28.0 Å². The number of fused-ring (bicyclic) bond motifs is 1. The summed E-state index contributed by atoms with van der Waals surface area (Å²) in [4.78, 5) is 6.64. The van der Waals surface area contributed by atoms with E-state index in [-0.39, 0.29) is 0 Å². The molecule has 5 N–H and O–H groups in total. The Hall–Kier alpha value is -3.35. The predicted molar refractivity (Wildman–Crippen MR) is 122 cm³/mol. The number of hydrogen-bond donors (Lipinski definition) is 3. The normalized spacial score (nSPS) is 11.7. The Morgan fingerprint density at radius 3 is 2.38 bits per heavy atom. The standard InChI is InChI=1S/C23H28N6/c1-16(18-7-5-17(6-8-18)14-28(2)3)27-23-12-21-11-19(22(24)15-29(4)25)9-10-20(21)13-26-23/h5-13,15H,1,14,24-25H2,2-4H3,(H,26,27)/b22-15-. The second kappa shape index (κ2) is 8.77. The number of aromatic nitrogens is 1. The minimum absolute atomic E-state index is 0.602. The molecular weight excluding hydrogens is 360 g/mol. The maximum absolute atomic E-state index is 6.12. The molecule has 0 unspecified atom stereocenters. The second-order valence-corrected chi connectivity index (χ2v) is 7.42. The molecule has 3 rings (SSSR count). The Balaban J connectivity index is 1.79. The number of rotatable bonds is 7. The fourth-order valence-corrected chi connectivity index (χ4v) is 3.09. The van der Waals surface area contributed by atoms with Crippen LogP contribution in [0.5, 0.6) is 0 Å². The molecule has 3 aromatic rings. The summed E-state index contributed by atoms with van der Waals surface area (Å²) in [6.07, 6.45) is 3.52. The van der Waals surface area contributed by atoms with E-state index in [0.717, 1.165) is 40.0 Å². The highest BCUT2D eigenvalue weighted by Crippen LogP contribution is 2.23. The largest absolute Gasteiger partial charge is 0.397 e. The number of benzene rings is 2. The summed E-state index contributed by atoms with van der Waals surface area (Å²) in [5.74, 6) is 6.39. The van der Waals surface area contributed by atoms with Crippen LogP contribution in [0.4, 0.5) is 5.82 Å². The van der Waals surface area contributed by atoms with Crippen molar-refractivity contribution in [1.82, 2.24) is 14.9 Å². The lowest BCUT2D eigenvalue weighted by molar-refractivity contribution is 0.402. The fourth-order valence-electron chi connectivity index (χ4n) is 3.09. The lowest BCUT2D eigenvalue weighted by Gasteiger charge is -2.13. The summed E-state index contributed by atoms with van der Waals surface area (Å²) in [6.45, 7) is 5.07. The van der Waals surface area contributed by atoms with E-state index in [1.807, 2.05) is 30.5 Å². The summed E-state index contributed by atoms with van der Waals surface area (Å²) >= 11 is 0. The molecule has 1 heterocycles. The monoisotopic (exact) mass is 388 g/mol. The van der Waals surface area contributed by atoms with E-state index in [9.17, 15) is 0 Å². The van der Waals surface area contributed by atoms with Crippen LogP contribution in [0.2, 0.25) is 0 Å². The van der Waals surface area contributed by atoms with Gasteiger partial charge >= 0.3 is 0 Å². The zero-order chi connectivity index (χ0) is 21.0. The molecule has 0 saturated carbocycles. The van der Waals surface area contributed by atoms with Gasteiger partial charge in [0.05, 0.1) is 5.70 Å². The number of pyridine rings is 1. The molecule has 29 heavy (non-hydrogen) atoms. The van der Waals surface area contributed by atoms with Crippen LogP contribution in [0.15, 0.2) is 67.5 Å². The molecule has 2 aromatic carbocycles. The average Bonchev–Trinajstić information content (AvgIpc) is 2.67. The third-order valence-corrected chi connectivity index (χ3v) is 4.48. The Kier molecular flexibility index (Phi) is 6.16. The molecule has 0 radical (unpaired) electrons. The van der Waals surface area contributed by atoms with Crippen LogP contribution < -0.4 is 16.9 Å². The molecule has 0 aliphatic rings. The van der Waals surface area contributed by atoms with Gasteiger partial charge in [0.15, 0.2) is 0 Å². The molecular formula is C23H28N6. The third kappa shape index (κ3) is 5.34. The number of nitrogens with zero attached hydrogens (tertiary/aromatic N) is 3. The van der Waals surface area contributed by atoms with Gasteiger partial charge in [-0.05, 0) is 48.3 Å². The van der Waals surface area contributed by atoms with Crippen molar-refractivity contribution < 1.29 is 0 Å². The van der Waals surface area contributed by atoms with Gasteiger partial charge in [-0.2, -0.15) is 0 Å². The van der Waals surface area contributed by atoms with Crippen molar-refractivity contribution in [3.63, 3.8) is 0 Å². The Labute approximate surface area is 172 Å². The summed E-state index contributed by atoms with van der Waals surface area (Å²) in [6, 6.07) is 16.3. The van der Waals surface area contributed by atoms with E-state index in [1.54, 1.807) is 13.2 Å². The van der Waals surface area contributed by atoms with Crippen molar-refractivity contribution in [3.05, 3.63) is 84.2 Å². The molecule has 0 saturated heterocycles. The summed E-state index contributed by atoms with van der Waals surface area (Å²) in [7, 11) is 5.85. The van der Waals surface area contributed by atoms with Gasteiger partial charge in [0, 0.05) is 37.1 Å². The molecule has 6 nitrogen and oxygen atoms in total. The summed E-state index contributed by atoms with van der Waals surface area (Å²) in [5.41, 5.74) is 10.7. The van der Waals surface area contributed by atoms with Crippen molar-refractivity contribution in [2.24, 2.45) is 11.6 Å². The minimum atomic E-state index is 0.602. The van der Waals surface area contributed by atoms with Crippen LogP contribution in [0, 0.1) is 0 Å².